The first-order chi connectivity index (χ1) is 31.5. The zero-order valence-corrected chi connectivity index (χ0v) is 42.3. The number of carbonyl (C=O) groups excluding carboxylic acids is 3. The van der Waals surface area contributed by atoms with Gasteiger partial charge in [-0.15, -0.1) is 0 Å². The fraction of sp³-hybridized carbons (Fsp3) is 0.776. The van der Waals surface area contributed by atoms with Crippen molar-refractivity contribution in [1.29, 1.82) is 0 Å². The third kappa shape index (κ3) is 50.1. The molecule has 1 unspecified atom stereocenters. The fourth-order valence-corrected chi connectivity index (χ4v) is 7.69. The van der Waals surface area contributed by atoms with Crippen molar-refractivity contribution in [3.05, 3.63) is 60.8 Å². The first kappa shape index (κ1) is 61.1. The Morgan fingerprint density at radius 2 is 0.641 bits per heavy atom. The molecule has 0 radical (unpaired) electrons. The van der Waals surface area contributed by atoms with Gasteiger partial charge in [-0.2, -0.15) is 0 Å². The number of hydrogen-bond acceptors (Lipinski definition) is 6. The lowest BCUT2D eigenvalue weighted by Crippen LogP contribution is -2.30. The van der Waals surface area contributed by atoms with Gasteiger partial charge in [0.25, 0.3) is 0 Å². The van der Waals surface area contributed by atoms with Crippen LogP contribution in [-0.2, 0) is 28.6 Å². The Morgan fingerprint density at radius 3 is 1.05 bits per heavy atom. The van der Waals surface area contributed by atoms with Crippen LogP contribution in [0.25, 0.3) is 0 Å². The topological polar surface area (TPSA) is 78.9 Å². The predicted molar refractivity (Wildman–Crippen MR) is 275 cm³/mol. The van der Waals surface area contributed by atoms with E-state index in [2.05, 4.69) is 75.5 Å². The molecule has 0 aliphatic heterocycles. The minimum atomic E-state index is -0.802. The number of rotatable bonds is 49. The summed E-state index contributed by atoms with van der Waals surface area (Å²) in [6, 6.07) is 0. The van der Waals surface area contributed by atoms with Crippen molar-refractivity contribution in [2.24, 2.45) is 0 Å². The van der Waals surface area contributed by atoms with Gasteiger partial charge >= 0.3 is 17.9 Å². The largest absolute Gasteiger partial charge is 0.462 e. The van der Waals surface area contributed by atoms with Crippen LogP contribution in [0.4, 0.5) is 0 Å². The van der Waals surface area contributed by atoms with Crippen molar-refractivity contribution in [3.63, 3.8) is 0 Å². The first-order valence-corrected chi connectivity index (χ1v) is 27.3. The second-order valence-electron chi connectivity index (χ2n) is 18.1. The molecule has 370 valence electrons. The number of allylic oxidation sites excluding steroid dienone is 10. The highest BCUT2D eigenvalue weighted by molar-refractivity contribution is 5.71. The van der Waals surface area contributed by atoms with Crippen LogP contribution in [0.2, 0.25) is 0 Å². The Labute approximate surface area is 396 Å². The smallest absolute Gasteiger partial charge is 0.306 e. The normalized spacial score (nSPS) is 12.5. The lowest BCUT2D eigenvalue weighted by molar-refractivity contribution is -0.166. The monoisotopic (exact) mass is 895 g/mol. The molecule has 0 aromatic heterocycles. The van der Waals surface area contributed by atoms with Crippen LogP contribution in [0.5, 0.6) is 0 Å². The van der Waals surface area contributed by atoms with E-state index in [9.17, 15) is 14.4 Å². The van der Waals surface area contributed by atoms with E-state index in [4.69, 9.17) is 14.2 Å². The predicted octanol–water partition coefficient (Wildman–Crippen LogP) is 18.0. The highest BCUT2D eigenvalue weighted by atomic mass is 16.6. The molecule has 1 atom stereocenters. The summed E-state index contributed by atoms with van der Waals surface area (Å²) < 4.78 is 16.8. The molecule has 0 bridgehead atoms. The average Bonchev–Trinajstić information content (AvgIpc) is 3.29. The molecule has 6 nitrogen and oxygen atoms in total. The molecule has 0 amide bonds. The number of hydrogen-bond donors (Lipinski definition) is 0. The maximum absolute atomic E-state index is 12.8. The highest BCUT2D eigenvalue weighted by Gasteiger charge is 2.19. The van der Waals surface area contributed by atoms with Crippen LogP contribution >= 0.6 is 0 Å². The van der Waals surface area contributed by atoms with E-state index >= 15 is 0 Å². The van der Waals surface area contributed by atoms with Crippen molar-refractivity contribution < 1.29 is 28.6 Å². The molecular weight excluding hydrogens is 793 g/mol. The Kier molecular flexibility index (Phi) is 50.4. The molecule has 0 saturated heterocycles. The molecule has 0 spiro atoms. The lowest BCUT2D eigenvalue weighted by atomic mass is 10.0. The Morgan fingerprint density at radius 1 is 0.328 bits per heavy atom. The van der Waals surface area contributed by atoms with Crippen LogP contribution in [0, 0.1) is 0 Å². The molecular formula is C58H102O6. The Bertz CT molecular complexity index is 1170. The summed E-state index contributed by atoms with van der Waals surface area (Å²) >= 11 is 0. The van der Waals surface area contributed by atoms with Crippen molar-refractivity contribution in [2.45, 2.75) is 277 Å². The molecule has 0 aromatic carbocycles. The SMILES string of the molecule is CC/C=C\C/C=C\C/C=C\C/C=C\CCC(=O)OCC(COC(=O)CCCCCCCCC/C=C\CCCCCCCCC)OC(=O)CCCCCCCCCCCCCCCCC. The van der Waals surface area contributed by atoms with E-state index in [1.165, 1.54) is 161 Å². The summed E-state index contributed by atoms with van der Waals surface area (Å²) in [4.78, 5) is 38.0. The van der Waals surface area contributed by atoms with Crippen molar-refractivity contribution >= 4 is 17.9 Å². The van der Waals surface area contributed by atoms with Gasteiger partial charge in [0.05, 0.1) is 0 Å². The van der Waals surface area contributed by atoms with Gasteiger partial charge in [-0.05, 0) is 70.6 Å². The van der Waals surface area contributed by atoms with Crippen LogP contribution < -0.4 is 0 Å². The van der Waals surface area contributed by atoms with E-state index < -0.39 is 6.10 Å². The minimum absolute atomic E-state index is 0.0962. The Hall–Kier alpha value is -2.89. The number of carbonyl (C=O) groups is 3. The zero-order chi connectivity index (χ0) is 46.5. The summed E-state index contributed by atoms with van der Waals surface area (Å²) in [6.45, 7) is 6.47. The van der Waals surface area contributed by atoms with Gasteiger partial charge in [-0.1, -0.05) is 242 Å². The van der Waals surface area contributed by atoms with Gasteiger partial charge in [0.1, 0.15) is 13.2 Å². The van der Waals surface area contributed by atoms with Crippen LogP contribution in [0.1, 0.15) is 271 Å². The molecule has 64 heavy (non-hydrogen) atoms. The third-order valence-electron chi connectivity index (χ3n) is 11.8. The van der Waals surface area contributed by atoms with Crippen LogP contribution in [0.3, 0.4) is 0 Å². The molecule has 0 fully saturated rings. The standard InChI is InChI=1S/C58H102O6/c1-4-7-10-13-16-19-22-25-27-28-29-31-33-36-39-42-45-48-51-57(60)63-54-55(53-62-56(59)50-47-44-41-38-35-32-24-21-18-15-12-9-6-3)64-58(61)52-49-46-43-40-37-34-30-26-23-20-17-14-11-8-5-2/h9,12,18,21,27-28,32,35,41,44,55H,4-8,10-11,13-17,19-20,22-26,29-31,33-34,36-40,42-43,45-54H2,1-3H3/b12-9-,21-18-,28-27-,35-32-,44-41-. The van der Waals surface area contributed by atoms with Gasteiger partial charge in [-0.3, -0.25) is 14.4 Å². The summed E-state index contributed by atoms with van der Waals surface area (Å²) in [7, 11) is 0. The molecule has 0 aromatic rings. The van der Waals surface area contributed by atoms with Crippen LogP contribution in [-0.4, -0.2) is 37.2 Å². The third-order valence-corrected chi connectivity index (χ3v) is 11.8. The first-order valence-electron chi connectivity index (χ1n) is 27.3. The van der Waals surface area contributed by atoms with Crippen LogP contribution in [0.15, 0.2) is 60.8 Å². The molecule has 0 N–H and O–H groups in total. The van der Waals surface area contributed by atoms with Crippen molar-refractivity contribution in [3.8, 4) is 0 Å². The van der Waals surface area contributed by atoms with Gasteiger partial charge < -0.3 is 14.2 Å². The molecule has 0 aliphatic rings. The van der Waals surface area contributed by atoms with Crippen molar-refractivity contribution in [2.75, 3.05) is 13.2 Å². The second kappa shape index (κ2) is 52.7. The number of ether oxygens (including phenoxy) is 3. The quantitative estimate of drug-likeness (QED) is 0.0262. The molecule has 0 saturated carbocycles. The second-order valence-corrected chi connectivity index (χ2v) is 18.1. The summed E-state index contributed by atoms with van der Waals surface area (Å²) in [6.07, 6.45) is 65.1. The van der Waals surface area contributed by atoms with E-state index in [-0.39, 0.29) is 37.5 Å². The maximum atomic E-state index is 12.8. The molecule has 6 heteroatoms. The average molecular weight is 895 g/mol. The molecule has 0 rings (SSSR count). The van der Waals surface area contributed by atoms with Gasteiger partial charge in [0, 0.05) is 19.3 Å². The maximum Gasteiger partial charge on any atom is 0.306 e. The van der Waals surface area contributed by atoms with E-state index in [1.54, 1.807) is 0 Å². The fourth-order valence-electron chi connectivity index (χ4n) is 7.69. The Balaban J connectivity index is 4.41. The van der Waals surface area contributed by atoms with Gasteiger partial charge in [0.2, 0.25) is 0 Å². The van der Waals surface area contributed by atoms with Gasteiger partial charge in [-0.25, -0.2) is 0 Å². The molecule has 0 aliphatic carbocycles. The number of unbranched alkanes of at least 4 members (excludes halogenated alkanes) is 28. The number of esters is 3. The summed E-state index contributed by atoms with van der Waals surface area (Å²) in [5.74, 6) is -0.976. The van der Waals surface area contributed by atoms with E-state index in [0.29, 0.717) is 19.3 Å². The summed E-state index contributed by atoms with van der Waals surface area (Å²) in [5, 5.41) is 0. The zero-order valence-electron chi connectivity index (χ0n) is 42.3. The van der Waals surface area contributed by atoms with Gasteiger partial charge in [0.15, 0.2) is 6.10 Å². The van der Waals surface area contributed by atoms with E-state index in [1.807, 2.05) is 6.08 Å². The summed E-state index contributed by atoms with van der Waals surface area (Å²) in [5.41, 5.74) is 0. The van der Waals surface area contributed by atoms with Crippen molar-refractivity contribution in [1.82, 2.24) is 0 Å². The minimum Gasteiger partial charge on any atom is -0.462 e. The highest BCUT2D eigenvalue weighted by Crippen LogP contribution is 2.16. The molecule has 0 heterocycles. The lowest BCUT2D eigenvalue weighted by Gasteiger charge is -2.18. The van der Waals surface area contributed by atoms with E-state index in [0.717, 1.165) is 64.2 Å².